The molecule has 6 nitrogen and oxygen atoms in total. The van der Waals surface area contributed by atoms with Crippen LogP contribution < -0.4 is 0 Å². The lowest BCUT2D eigenvalue weighted by molar-refractivity contribution is 0.0193. The molecule has 1 amide bonds. The molecule has 6 heteroatoms. The van der Waals surface area contributed by atoms with E-state index < -0.39 is 5.60 Å². The molecule has 0 aromatic carbocycles. The highest BCUT2D eigenvalue weighted by atomic mass is 16.6. The van der Waals surface area contributed by atoms with Gasteiger partial charge in [0.1, 0.15) is 5.60 Å². The Bertz CT molecular complexity index is 515. The predicted molar refractivity (Wildman–Crippen MR) is 89.0 cm³/mol. The number of carbonyl (C=O) groups excluding carboxylic acids is 1. The van der Waals surface area contributed by atoms with E-state index in [9.17, 15) is 4.79 Å². The Morgan fingerprint density at radius 2 is 2.22 bits per heavy atom. The lowest BCUT2D eigenvalue weighted by atomic mass is 10.1. The van der Waals surface area contributed by atoms with Crippen LogP contribution in [0.3, 0.4) is 0 Å². The molecule has 128 valence electrons. The minimum absolute atomic E-state index is 0.157. The van der Waals surface area contributed by atoms with Gasteiger partial charge in [0.25, 0.3) is 0 Å². The Labute approximate surface area is 138 Å². The molecule has 0 aliphatic carbocycles. The van der Waals surface area contributed by atoms with Crippen molar-refractivity contribution >= 4 is 6.09 Å². The number of amides is 1. The number of carbonyl (C=O) groups is 1. The van der Waals surface area contributed by atoms with Crippen LogP contribution in [-0.4, -0.2) is 57.6 Å². The number of rotatable bonds is 4. The van der Waals surface area contributed by atoms with Crippen molar-refractivity contribution in [3.05, 3.63) is 24.3 Å². The smallest absolute Gasteiger partial charge is 0.410 e. The van der Waals surface area contributed by atoms with Gasteiger partial charge in [-0.2, -0.15) is 0 Å². The maximum Gasteiger partial charge on any atom is 0.410 e. The molecule has 0 N–H and O–H groups in total. The molecule has 1 aromatic rings. The Morgan fingerprint density at radius 3 is 2.83 bits per heavy atom. The Hall–Kier alpha value is -1.69. The summed E-state index contributed by atoms with van der Waals surface area (Å²) in [5.74, 6) is 0. The van der Waals surface area contributed by atoms with E-state index in [-0.39, 0.29) is 18.2 Å². The summed E-state index contributed by atoms with van der Waals surface area (Å²) in [5.41, 5.74) is 0.486. The highest BCUT2D eigenvalue weighted by Crippen LogP contribution is 2.24. The molecular weight excluding hydrogens is 292 g/mol. The Morgan fingerprint density at radius 1 is 1.48 bits per heavy atom. The van der Waals surface area contributed by atoms with Gasteiger partial charge >= 0.3 is 6.09 Å². The van der Waals surface area contributed by atoms with Gasteiger partial charge in [0.15, 0.2) is 0 Å². The summed E-state index contributed by atoms with van der Waals surface area (Å²) in [5, 5.41) is 0. The van der Waals surface area contributed by atoms with E-state index in [1.54, 1.807) is 18.6 Å². The van der Waals surface area contributed by atoms with Crippen LogP contribution >= 0.6 is 0 Å². The normalized spacial score (nSPS) is 19.9. The van der Waals surface area contributed by atoms with Crippen LogP contribution in [0.25, 0.3) is 0 Å². The first-order valence-corrected chi connectivity index (χ1v) is 8.23. The summed E-state index contributed by atoms with van der Waals surface area (Å²) in [6.07, 6.45) is 7.01. The second-order valence-electron chi connectivity index (χ2n) is 7.22. The minimum atomic E-state index is -0.455. The molecule has 1 aromatic heterocycles. The van der Waals surface area contributed by atoms with Crippen molar-refractivity contribution in [1.29, 1.82) is 0 Å². The van der Waals surface area contributed by atoms with Crippen LogP contribution in [0.1, 0.15) is 52.3 Å². The van der Waals surface area contributed by atoms with Crippen LogP contribution in [0.2, 0.25) is 0 Å². The average Bonchev–Trinajstić information content (AvgIpc) is 2.94. The fraction of sp³-hybridized carbons (Fsp3) is 0.706. The lowest BCUT2D eigenvalue weighted by Crippen LogP contribution is -2.45. The van der Waals surface area contributed by atoms with Crippen LogP contribution in [0.5, 0.6) is 0 Å². The maximum atomic E-state index is 12.4. The zero-order chi connectivity index (χ0) is 17.0. The highest BCUT2D eigenvalue weighted by Gasteiger charge is 2.33. The lowest BCUT2D eigenvalue weighted by Gasteiger charge is -2.32. The Balaban J connectivity index is 1.96. The third-order valence-electron chi connectivity index (χ3n) is 4.18. The number of hydrogen-bond donors (Lipinski definition) is 0. The van der Waals surface area contributed by atoms with Crippen LogP contribution in [0, 0.1) is 0 Å². The molecular formula is C17H28N4O2. The van der Waals surface area contributed by atoms with Crippen LogP contribution in [0.15, 0.2) is 18.6 Å². The molecule has 0 spiro atoms. The Kier molecular flexibility index (Phi) is 5.57. The van der Waals surface area contributed by atoms with Crippen molar-refractivity contribution in [2.75, 3.05) is 20.1 Å². The maximum absolute atomic E-state index is 12.4. The van der Waals surface area contributed by atoms with Gasteiger partial charge < -0.3 is 9.64 Å². The van der Waals surface area contributed by atoms with E-state index >= 15 is 0 Å². The molecule has 1 fully saturated rings. The summed E-state index contributed by atoms with van der Waals surface area (Å²) < 4.78 is 5.52. The van der Waals surface area contributed by atoms with Gasteiger partial charge in [-0.1, -0.05) is 0 Å². The summed E-state index contributed by atoms with van der Waals surface area (Å²) in [6.45, 7) is 9.38. The SMILES string of the molecule is C[C@H](c1cnccn1)N(C)C[C@H]1CCCN1C(=O)OC(C)(C)C. The van der Waals surface area contributed by atoms with Crippen molar-refractivity contribution < 1.29 is 9.53 Å². The monoisotopic (exact) mass is 320 g/mol. The molecule has 0 radical (unpaired) electrons. The van der Waals surface area contributed by atoms with Gasteiger partial charge in [-0.05, 0) is 47.6 Å². The molecule has 0 unspecified atom stereocenters. The molecule has 2 atom stereocenters. The number of hydrogen-bond acceptors (Lipinski definition) is 5. The summed E-state index contributed by atoms with van der Waals surface area (Å²) in [4.78, 5) is 24.9. The first-order chi connectivity index (χ1) is 10.8. The number of likely N-dealkylation sites (N-methyl/N-ethyl adjacent to an activating group) is 1. The van der Waals surface area contributed by atoms with Gasteiger partial charge in [0, 0.05) is 37.7 Å². The quantitative estimate of drug-likeness (QED) is 0.854. The predicted octanol–water partition coefficient (Wildman–Crippen LogP) is 2.87. The number of ether oxygens (including phenoxy) is 1. The minimum Gasteiger partial charge on any atom is -0.444 e. The van der Waals surface area contributed by atoms with E-state index in [2.05, 4.69) is 28.8 Å². The molecule has 23 heavy (non-hydrogen) atoms. The van der Waals surface area contributed by atoms with Gasteiger partial charge in [0.05, 0.1) is 11.7 Å². The molecule has 1 saturated heterocycles. The van der Waals surface area contributed by atoms with Crippen molar-refractivity contribution in [3.8, 4) is 0 Å². The average molecular weight is 320 g/mol. The number of aromatic nitrogens is 2. The van der Waals surface area contributed by atoms with Crippen molar-refractivity contribution in [2.45, 2.75) is 58.2 Å². The molecule has 2 heterocycles. The van der Waals surface area contributed by atoms with E-state index in [4.69, 9.17) is 4.74 Å². The van der Waals surface area contributed by atoms with Crippen molar-refractivity contribution in [3.63, 3.8) is 0 Å². The highest BCUT2D eigenvalue weighted by molar-refractivity contribution is 5.69. The summed E-state index contributed by atoms with van der Waals surface area (Å²) in [7, 11) is 2.06. The standard InChI is InChI=1S/C17H28N4O2/c1-13(15-11-18-8-9-19-15)20(5)12-14-7-6-10-21(14)16(22)23-17(2,3)4/h8-9,11,13-14H,6-7,10,12H2,1-5H3/t13-,14-/m1/s1. The fourth-order valence-electron chi connectivity index (χ4n) is 2.83. The van der Waals surface area contributed by atoms with E-state index in [1.165, 1.54) is 0 Å². The fourth-order valence-corrected chi connectivity index (χ4v) is 2.83. The van der Waals surface area contributed by atoms with Crippen molar-refractivity contribution in [2.24, 2.45) is 0 Å². The molecule has 0 bridgehead atoms. The van der Waals surface area contributed by atoms with E-state index in [0.717, 1.165) is 31.6 Å². The third kappa shape index (κ3) is 4.89. The van der Waals surface area contributed by atoms with Crippen LogP contribution in [0.4, 0.5) is 4.79 Å². The first kappa shape index (κ1) is 17.7. The molecule has 1 aliphatic heterocycles. The second kappa shape index (κ2) is 7.25. The van der Waals surface area contributed by atoms with Crippen molar-refractivity contribution in [1.82, 2.24) is 19.8 Å². The van der Waals surface area contributed by atoms with Gasteiger partial charge in [-0.15, -0.1) is 0 Å². The molecule has 0 saturated carbocycles. The third-order valence-corrected chi connectivity index (χ3v) is 4.18. The molecule has 1 aliphatic rings. The molecule has 2 rings (SSSR count). The van der Waals surface area contributed by atoms with E-state index in [1.807, 2.05) is 25.7 Å². The topological polar surface area (TPSA) is 58.6 Å². The first-order valence-electron chi connectivity index (χ1n) is 8.23. The van der Waals surface area contributed by atoms with Crippen LogP contribution in [-0.2, 0) is 4.74 Å². The van der Waals surface area contributed by atoms with Gasteiger partial charge in [0.2, 0.25) is 0 Å². The summed E-state index contributed by atoms with van der Waals surface area (Å²) in [6, 6.07) is 0.346. The van der Waals surface area contributed by atoms with E-state index in [0.29, 0.717) is 0 Å². The van der Waals surface area contributed by atoms with Gasteiger partial charge in [-0.3, -0.25) is 14.9 Å². The summed E-state index contributed by atoms with van der Waals surface area (Å²) >= 11 is 0. The zero-order valence-corrected chi connectivity index (χ0v) is 14.8. The second-order valence-corrected chi connectivity index (χ2v) is 7.22. The number of nitrogens with zero attached hydrogens (tertiary/aromatic N) is 4. The largest absolute Gasteiger partial charge is 0.444 e. The number of likely N-dealkylation sites (tertiary alicyclic amines) is 1. The van der Waals surface area contributed by atoms with Gasteiger partial charge in [-0.25, -0.2) is 4.79 Å². The zero-order valence-electron chi connectivity index (χ0n) is 14.8.